The second-order valence-electron chi connectivity index (χ2n) is 6.48. The fourth-order valence-electron chi connectivity index (χ4n) is 3.12. The van der Waals surface area contributed by atoms with Crippen LogP contribution in [-0.2, 0) is 20.8 Å². The summed E-state index contributed by atoms with van der Waals surface area (Å²) in [6.45, 7) is 1.74. The molecule has 1 saturated heterocycles. The van der Waals surface area contributed by atoms with E-state index in [1.807, 2.05) is 16.8 Å². The third-order valence-electron chi connectivity index (χ3n) is 4.40. The molecule has 1 aliphatic rings. The van der Waals surface area contributed by atoms with Gasteiger partial charge in [0.2, 0.25) is 5.91 Å². The van der Waals surface area contributed by atoms with Crippen molar-refractivity contribution in [3.8, 4) is 0 Å². The average molecular weight is 388 g/mol. The van der Waals surface area contributed by atoms with Crippen LogP contribution in [0.25, 0.3) is 0 Å². The molecule has 1 aromatic carbocycles. The number of para-hydroxylation sites is 1. The van der Waals surface area contributed by atoms with Gasteiger partial charge < -0.3 is 19.7 Å². The molecule has 6 nitrogen and oxygen atoms in total. The predicted molar refractivity (Wildman–Crippen MR) is 105 cm³/mol. The molecule has 2 amide bonds. The van der Waals surface area contributed by atoms with E-state index in [1.54, 1.807) is 40.5 Å². The van der Waals surface area contributed by atoms with Crippen LogP contribution in [0, 0.1) is 0 Å². The van der Waals surface area contributed by atoms with Gasteiger partial charge in [0.05, 0.1) is 17.4 Å². The van der Waals surface area contributed by atoms with Gasteiger partial charge in [0.1, 0.15) is 6.61 Å². The van der Waals surface area contributed by atoms with Crippen LogP contribution in [0.2, 0.25) is 0 Å². The van der Waals surface area contributed by atoms with Gasteiger partial charge in [-0.15, -0.1) is 0 Å². The molecule has 0 radical (unpaired) electrons. The summed E-state index contributed by atoms with van der Waals surface area (Å²) >= 11 is 1.61. The Morgan fingerprint density at radius 3 is 2.89 bits per heavy atom. The number of hydrogen-bond acceptors (Lipinski definition) is 5. The molecule has 1 aliphatic heterocycles. The minimum absolute atomic E-state index is 0.0582. The average Bonchev–Trinajstić information content (AvgIpc) is 3.35. The number of thiophene rings is 1. The second-order valence-corrected chi connectivity index (χ2v) is 7.26. The number of carbonyl (C=O) groups is 2. The Labute approximate surface area is 163 Å². The van der Waals surface area contributed by atoms with E-state index in [2.05, 4.69) is 5.32 Å². The van der Waals surface area contributed by atoms with E-state index < -0.39 is 0 Å². The zero-order valence-electron chi connectivity index (χ0n) is 15.3. The van der Waals surface area contributed by atoms with Crippen LogP contribution >= 0.6 is 11.3 Å². The topological polar surface area (TPSA) is 67.9 Å². The van der Waals surface area contributed by atoms with Gasteiger partial charge in [-0.3, -0.25) is 9.59 Å². The standard InChI is InChI=1S/C20H24N2O4S/c1-25-13-19(23)21-18-7-3-2-6-17(18)20(24)22(11-15-8-10-27-14-15)12-16-5-4-9-26-16/h2-3,6-8,10,14,16H,4-5,9,11-13H2,1H3,(H,21,23)/t16-/m0/s1. The highest BCUT2D eigenvalue weighted by molar-refractivity contribution is 7.07. The van der Waals surface area contributed by atoms with Crippen molar-refractivity contribution in [2.45, 2.75) is 25.5 Å². The molecule has 1 fully saturated rings. The number of nitrogens with one attached hydrogen (secondary N) is 1. The normalized spacial score (nSPS) is 16.3. The van der Waals surface area contributed by atoms with E-state index in [9.17, 15) is 9.59 Å². The summed E-state index contributed by atoms with van der Waals surface area (Å²) in [6, 6.07) is 9.08. The van der Waals surface area contributed by atoms with Crippen LogP contribution < -0.4 is 5.32 Å². The van der Waals surface area contributed by atoms with Crippen molar-refractivity contribution in [1.82, 2.24) is 4.90 Å². The van der Waals surface area contributed by atoms with Gasteiger partial charge in [0.15, 0.2) is 0 Å². The summed E-state index contributed by atoms with van der Waals surface area (Å²) in [6.07, 6.45) is 2.04. The minimum Gasteiger partial charge on any atom is -0.376 e. The number of ether oxygens (including phenoxy) is 2. The number of rotatable bonds is 8. The lowest BCUT2D eigenvalue weighted by molar-refractivity contribution is -0.119. The molecule has 0 saturated carbocycles. The Balaban J connectivity index is 1.81. The molecule has 1 atom stereocenters. The van der Waals surface area contributed by atoms with Crippen molar-refractivity contribution in [1.29, 1.82) is 0 Å². The number of amides is 2. The van der Waals surface area contributed by atoms with Gasteiger partial charge in [-0.05, 0) is 47.4 Å². The predicted octanol–water partition coefficient (Wildman–Crippen LogP) is 3.15. The molecule has 1 aromatic heterocycles. The van der Waals surface area contributed by atoms with Crippen molar-refractivity contribution < 1.29 is 19.1 Å². The molecular formula is C20H24N2O4S. The van der Waals surface area contributed by atoms with Gasteiger partial charge in [0, 0.05) is 26.8 Å². The van der Waals surface area contributed by atoms with Gasteiger partial charge >= 0.3 is 0 Å². The molecule has 27 heavy (non-hydrogen) atoms. The van der Waals surface area contributed by atoms with Crippen LogP contribution in [0.1, 0.15) is 28.8 Å². The van der Waals surface area contributed by atoms with Crippen molar-refractivity contribution >= 4 is 28.8 Å². The zero-order valence-corrected chi connectivity index (χ0v) is 16.2. The molecule has 0 unspecified atom stereocenters. The first-order valence-corrected chi connectivity index (χ1v) is 9.91. The summed E-state index contributed by atoms with van der Waals surface area (Å²) in [7, 11) is 1.46. The van der Waals surface area contributed by atoms with Crippen molar-refractivity contribution in [3.63, 3.8) is 0 Å². The molecule has 0 bridgehead atoms. The number of anilines is 1. The van der Waals surface area contributed by atoms with E-state index in [1.165, 1.54) is 7.11 Å². The molecule has 7 heteroatoms. The third kappa shape index (κ3) is 5.38. The van der Waals surface area contributed by atoms with Crippen molar-refractivity contribution in [2.24, 2.45) is 0 Å². The molecule has 2 heterocycles. The maximum absolute atomic E-state index is 13.3. The lowest BCUT2D eigenvalue weighted by Crippen LogP contribution is -2.37. The summed E-state index contributed by atoms with van der Waals surface area (Å²) in [5, 5.41) is 6.81. The third-order valence-corrected chi connectivity index (χ3v) is 5.13. The Bertz CT molecular complexity index is 757. The largest absolute Gasteiger partial charge is 0.376 e. The van der Waals surface area contributed by atoms with Crippen LogP contribution in [0.15, 0.2) is 41.1 Å². The van der Waals surface area contributed by atoms with Crippen molar-refractivity contribution in [2.75, 3.05) is 32.2 Å². The zero-order chi connectivity index (χ0) is 19.1. The molecule has 0 spiro atoms. The summed E-state index contributed by atoms with van der Waals surface area (Å²) in [4.78, 5) is 27.0. The highest BCUT2D eigenvalue weighted by Crippen LogP contribution is 2.22. The summed E-state index contributed by atoms with van der Waals surface area (Å²) < 4.78 is 10.6. The van der Waals surface area contributed by atoms with Crippen LogP contribution in [-0.4, -0.2) is 49.7 Å². The monoisotopic (exact) mass is 388 g/mol. The van der Waals surface area contributed by atoms with Crippen LogP contribution in [0.4, 0.5) is 5.69 Å². The first-order valence-electron chi connectivity index (χ1n) is 8.97. The molecule has 0 aliphatic carbocycles. The van der Waals surface area contributed by atoms with E-state index >= 15 is 0 Å². The molecule has 2 aromatic rings. The van der Waals surface area contributed by atoms with Crippen molar-refractivity contribution in [3.05, 3.63) is 52.2 Å². The summed E-state index contributed by atoms with van der Waals surface area (Å²) in [5.74, 6) is -0.411. The minimum atomic E-state index is -0.290. The Morgan fingerprint density at radius 2 is 2.19 bits per heavy atom. The first-order chi connectivity index (χ1) is 13.2. The highest BCUT2D eigenvalue weighted by Gasteiger charge is 2.25. The maximum atomic E-state index is 13.3. The van der Waals surface area contributed by atoms with E-state index in [-0.39, 0.29) is 24.5 Å². The first kappa shape index (κ1) is 19.5. The van der Waals surface area contributed by atoms with E-state index in [0.29, 0.717) is 24.3 Å². The molecular weight excluding hydrogens is 364 g/mol. The smallest absolute Gasteiger partial charge is 0.256 e. The van der Waals surface area contributed by atoms with Gasteiger partial charge in [-0.1, -0.05) is 12.1 Å². The molecule has 144 valence electrons. The molecule has 3 rings (SSSR count). The highest BCUT2D eigenvalue weighted by atomic mass is 32.1. The number of benzene rings is 1. The number of nitrogens with zero attached hydrogens (tertiary/aromatic N) is 1. The fraction of sp³-hybridized carbons (Fsp3) is 0.400. The van der Waals surface area contributed by atoms with Crippen LogP contribution in [0.3, 0.4) is 0 Å². The summed E-state index contributed by atoms with van der Waals surface area (Å²) in [5.41, 5.74) is 2.05. The number of carbonyl (C=O) groups excluding carboxylic acids is 2. The van der Waals surface area contributed by atoms with Crippen LogP contribution in [0.5, 0.6) is 0 Å². The van der Waals surface area contributed by atoms with E-state index in [0.717, 1.165) is 25.0 Å². The number of hydrogen-bond donors (Lipinski definition) is 1. The van der Waals surface area contributed by atoms with Gasteiger partial charge in [-0.25, -0.2) is 0 Å². The lowest BCUT2D eigenvalue weighted by Gasteiger charge is -2.26. The maximum Gasteiger partial charge on any atom is 0.256 e. The Kier molecular flexibility index (Phi) is 6.98. The van der Waals surface area contributed by atoms with E-state index in [4.69, 9.17) is 9.47 Å². The Morgan fingerprint density at radius 1 is 1.33 bits per heavy atom. The number of methoxy groups -OCH3 is 1. The SMILES string of the molecule is COCC(=O)Nc1ccccc1C(=O)N(Cc1ccsc1)C[C@@H]1CCCO1. The fourth-order valence-corrected chi connectivity index (χ4v) is 3.78. The quantitative estimate of drug-likeness (QED) is 0.754. The Hall–Kier alpha value is -2.22. The second kappa shape index (κ2) is 9.64. The van der Waals surface area contributed by atoms with Gasteiger partial charge in [-0.2, -0.15) is 11.3 Å². The van der Waals surface area contributed by atoms with Gasteiger partial charge in [0.25, 0.3) is 5.91 Å². The molecule has 1 N–H and O–H groups in total. The lowest BCUT2D eigenvalue weighted by atomic mass is 10.1.